The Labute approximate surface area is 336 Å². The smallest absolute Gasteiger partial charge is 0.0280 e. The van der Waals surface area contributed by atoms with Crippen molar-refractivity contribution < 1.29 is 24.2 Å². The van der Waals surface area contributed by atoms with Crippen LogP contribution in [0.4, 0.5) is 0 Å². The third-order valence-electron chi connectivity index (χ3n) is 13.0. The molecule has 0 N–H and O–H groups in total. The number of rotatable bonds is 2. The van der Waals surface area contributed by atoms with Gasteiger partial charge in [0.15, 0.2) is 0 Å². The Hall–Kier alpha value is -4.69. The van der Waals surface area contributed by atoms with Gasteiger partial charge in [-0.3, -0.25) is 0 Å². The van der Waals surface area contributed by atoms with Crippen molar-refractivity contribution in [3.8, 4) is 22.3 Å². The van der Waals surface area contributed by atoms with Crippen molar-refractivity contribution in [3.05, 3.63) is 156 Å². The van der Waals surface area contributed by atoms with Crippen molar-refractivity contribution in [2.45, 2.75) is 64.6 Å². The van der Waals surface area contributed by atoms with Gasteiger partial charge >= 0.3 is 0 Å². The number of aromatic nitrogens is 2. The Kier molecular flexibility index (Phi) is 8.31. The van der Waals surface area contributed by atoms with E-state index in [4.69, 9.17) is 4.11 Å². The van der Waals surface area contributed by atoms with Gasteiger partial charge in [-0.25, -0.2) is 0 Å². The first-order chi connectivity index (χ1) is 27.2. The Morgan fingerprint density at radius 3 is 2.41 bits per heavy atom. The van der Waals surface area contributed by atoms with E-state index in [1.54, 1.807) is 11.6 Å². The molecule has 0 amide bonds. The van der Waals surface area contributed by atoms with E-state index in [9.17, 15) is 0 Å². The van der Waals surface area contributed by atoms with Crippen molar-refractivity contribution >= 4 is 43.4 Å². The van der Waals surface area contributed by atoms with Gasteiger partial charge in [-0.2, -0.15) is 0 Å². The first-order valence-electron chi connectivity index (χ1n) is 20.8. The van der Waals surface area contributed by atoms with E-state index in [0.29, 0.717) is 5.41 Å². The van der Waals surface area contributed by atoms with E-state index < -0.39 is 6.85 Å². The first-order valence-corrected chi connectivity index (χ1v) is 19.3. The zero-order valence-electron chi connectivity index (χ0n) is 33.5. The van der Waals surface area contributed by atoms with Crippen LogP contribution >= 0.6 is 0 Å². The number of nitrogens with zero attached hydrogens (tertiary/aromatic N) is 2. The van der Waals surface area contributed by atoms with Crippen LogP contribution < -0.4 is 0 Å². The second-order valence-corrected chi connectivity index (χ2v) is 16.0. The number of hydrogen-bond donors (Lipinski definition) is 0. The largest absolute Gasteiger partial charge is 0.304 e. The molecule has 269 valence electrons. The third-order valence-corrected chi connectivity index (χ3v) is 13.0. The Bertz CT molecular complexity index is 2780. The molecule has 11 rings (SSSR count). The van der Waals surface area contributed by atoms with Gasteiger partial charge in [0.25, 0.3) is 0 Å². The predicted molar refractivity (Wildman–Crippen MR) is 221 cm³/mol. The molecule has 0 unspecified atom stereocenters. The maximum atomic E-state index is 7.72. The van der Waals surface area contributed by atoms with E-state index in [2.05, 4.69) is 95.8 Å². The molecule has 6 aromatic carbocycles. The van der Waals surface area contributed by atoms with Crippen LogP contribution in [0, 0.1) is 36.2 Å². The molecule has 54 heavy (non-hydrogen) atoms. The maximum Gasteiger partial charge on any atom is 0.0280 e. The van der Waals surface area contributed by atoms with Gasteiger partial charge in [0.1, 0.15) is 0 Å². The molecule has 4 atom stereocenters. The Balaban J connectivity index is 0.000000170. The van der Waals surface area contributed by atoms with Gasteiger partial charge in [0, 0.05) is 36.6 Å². The average Bonchev–Trinajstić information content (AvgIpc) is 3.65. The van der Waals surface area contributed by atoms with Crippen molar-refractivity contribution in [2.24, 2.45) is 17.3 Å². The number of aryl methyl sites for hydroxylation is 2. The molecule has 3 aliphatic carbocycles. The standard InChI is InChI=1S/C32H32N.C19H12N.Ir/c1-20-17-23-10-12-26-24(5-3-6-29(26)31(23)33-19-20)21-8-11-25-22(18-21)9-13-28-27(25)14-16-32(2)15-4-7-30(28)32;1-2-6-14(7-3-1)17-12-16-11-10-15-8-4-5-9-18(15)19(16)20-13-17;/h3,5,8,10-12,17-19,27-28,30H,4,7,9,13-16H2,1-2H3;1-8,10-13H;/q2*-1;/t27-,28-,30+,32+;;/m1../s1/i1D3;;. The van der Waals surface area contributed by atoms with Crippen molar-refractivity contribution in [1.29, 1.82) is 0 Å². The van der Waals surface area contributed by atoms with Crippen molar-refractivity contribution in [3.63, 3.8) is 0 Å². The fraction of sp³-hybridized carbons (Fsp3) is 0.255. The van der Waals surface area contributed by atoms with Crippen LogP contribution in [0.15, 0.2) is 128 Å². The van der Waals surface area contributed by atoms with Crippen LogP contribution in [0.1, 0.15) is 72.2 Å². The number of pyridine rings is 2. The third kappa shape index (κ3) is 6.07. The predicted octanol–water partition coefficient (Wildman–Crippen LogP) is 13.3. The normalized spacial score (nSPS) is 22.5. The SMILES string of the molecule is [2H]C([2H])([2H])c1cnc2c(ccc3c(-c4ccc5c(c4)CC[C@@H]4[C@@H]5CC[C@]5(C)CCC[C@@H]45)cc[c-]c32)c1.[Ir].[c-]1cccc2ccc3cc(-c4ccccc4)cnc3c12. The van der Waals surface area contributed by atoms with Gasteiger partial charge in [0.05, 0.1) is 0 Å². The quantitative estimate of drug-likeness (QED) is 0.128. The second kappa shape index (κ2) is 14.2. The molecule has 3 aliphatic rings. The summed E-state index contributed by atoms with van der Waals surface area (Å²) in [4.78, 5) is 9.22. The summed E-state index contributed by atoms with van der Waals surface area (Å²) < 4.78 is 23.2. The number of fused-ring (bicyclic) bond motifs is 11. The summed E-state index contributed by atoms with van der Waals surface area (Å²) in [6.07, 6.45) is 13.0. The minimum atomic E-state index is -2.15. The van der Waals surface area contributed by atoms with Crippen LogP contribution in [-0.4, -0.2) is 9.97 Å². The number of benzene rings is 6. The first kappa shape index (κ1) is 31.6. The Morgan fingerprint density at radius 1 is 0.685 bits per heavy atom. The summed E-state index contributed by atoms with van der Waals surface area (Å²) in [7, 11) is 0. The van der Waals surface area contributed by atoms with Gasteiger partial charge < -0.3 is 9.97 Å². The minimum absolute atomic E-state index is 0. The van der Waals surface area contributed by atoms with Gasteiger partial charge in [-0.05, 0) is 124 Å². The average molecular weight is 880 g/mol. The molecule has 2 heterocycles. The van der Waals surface area contributed by atoms with Crippen molar-refractivity contribution in [2.75, 3.05) is 0 Å². The van der Waals surface area contributed by atoms with E-state index in [-0.39, 0.29) is 25.7 Å². The summed E-state index contributed by atoms with van der Waals surface area (Å²) in [5.41, 5.74) is 10.6. The molecule has 2 nitrogen and oxygen atoms in total. The molecule has 0 saturated heterocycles. The molecular formula is C51H44IrN2-2. The second-order valence-electron chi connectivity index (χ2n) is 16.0. The molecule has 0 bridgehead atoms. The van der Waals surface area contributed by atoms with E-state index >= 15 is 0 Å². The number of hydrogen-bond acceptors (Lipinski definition) is 2. The molecule has 0 aliphatic heterocycles. The summed E-state index contributed by atoms with van der Waals surface area (Å²) in [6, 6.07) is 46.7. The van der Waals surface area contributed by atoms with Crippen LogP contribution in [0.5, 0.6) is 0 Å². The molecule has 8 aromatic rings. The zero-order valence-corrected chi connectivity index (χ0v) is 32.9. The molecular weight excluding hydrogens is 833 g/mol. The molecule has 2 saturated carbocycles. The van der Waals surface area contributed by atoms with Gasteiger partial charge in [-0.15, -0.1) is 58.6 Å². The van der Waals surface area contributed by atoms with Crippen LogP contribution in [0.2, 0.25) is 0 Å². The molecule has 3 heteroatoms. The fourth-order valence-electron chi connectivity index (χ4n) is 10.4. The fourth-order valence-corrected chi connectivity index (χ4v) is 10.4. The molecule has 2 aromatic heterocycles. The minimum Gasteiger partial charge on any atom is -0.304 e. The summed E-state index contributed by atoms with van der Waals surface area (Å²) in [5, 5.41) is 6.34. The van der Waals surface area contributed by atoms with Gasteiger partial charge in [0.2, 0.25) is 0 Å². The Morgan fingerprint density at radius 2 is 1.50 bits per heavy atom. The summed E-state index contributed by atoms with van der Waals surface area (Å²) >= 11 is 0. The van der Waals surface area contributed by atoms with E-state index in [0.717, 1.165) is 61.3 Å². The summed E-state index contributed by atoms with van der Waals surface area (Å²) in [6.45, 7) is 0.415. The van der Waals surface area contributed by atoms with Crippen LogP contribution in [0.3, 0.4) is 0 Å². The molecule has 1 radical (unpaired) electrons. The summed E-state index contributed by atoms with van der Waals surface area (Å²) in [5.74, 6) is 2.53. The van der Waals surface area contributed by atoms with Gasteiger partial charge in [-0.1, -0.05) is 109 Å². The van der Waals surface area contributed by atoms with E-state index in [1.165, 1.54) is 78.8 Å². The van der Waals surface area contributed by atoms with Crippen LogP contribution in [0.25, 0.3) is 65.6 Å². The van der Waals surface area contributed by atoms with Crippen LogP contribution in [-0.2, 0) is 26.5 Å². The monoisotopic (exact) mass is 880 g/mol. The molecule has 0 spiro atoms. The van der Waals surface area contributed by atoms with E-state index in [1.807, 2.05) is 48.7 Å². The topological polar surface area (TPSA) is 25.8 Å². The molecule has 2 fully saturated rings. The zero-order chi connectivity index (χ0) is 38.0. The maximum absolute atomic E-state index is 7.72. The van der Waals surface area contributed by atoms with Crippen molar-refractivity contribution in [1.82, 2.24) is 9.97 Å².